The average molecular weight is 311 g/mol. The Labute approximate surface area is 122 Å². The van der Waals surface area contributed by atoms with Crippen molar-refractivity contribution in [1.82, 2.24) is 0 Å². The summed E-state index contributed by atoms with van der Waals surface area (Å²) in [5, 5.41) is 5.22. The lowest BCUT2D eigenvalue weighted by Crippen LogP contribution is -2.13. The van der Waals surface area contributed by atoms with Crippen LogP contribution in [-0.4, -0.2) is 8.42 Å². The molecular weight excluding hydrogens is 296 g/mol. The average Bonchev–Trinajstić information content (AvgIpc) is 2.37. The minimum absolute atomic E-state index is 0.0670. The summed E-state index contributed by atoms with van der Waals surface area (Å²) in [6.45, 7) is 3.53. The van der Waals surface area contributed by atoms with Crippen LogP contribution in [0.2, 0.25) is 0 Å². The molecule has 0 saturated carbocycles. The fourth-order valence-corrected chi connectivity index (χ4v) is 2.90. The van der Waals surface area contributed by atoms with Crippen LogP contribution >= 0.6 is 0 Å². The van der Waals surface area contributed by atoms with Gasteiger partial charge >= 0.3 is 0 Å². The normalized spacial score (nSPS) is 11.9. The van der Waals surface area contributed by atoms with Gasteiger partial charge in [0.1, 0.15) is 0 Å². The highest BCUT2D eigenvalue weighted by atomic mass is 32.2. The minimum atomic E-state index is -3.94. The number of alkyl halides is 2. The molecule has 2 N–H and O–H groups in total. The summed E-state index contributed by atoms with van der Waals surface area (Å²) < 4.78 is 49.1. The third-order valence-corrected chi connectivity index (χ3v) is 4.21. The topological polar surface area (TPSA) is 60.2 Å². The Hall–Kier alpha value is -1.79. The number of halogens is 2. The van der Waals surface area contributed by atoms with E-state index in [1.165, 1.54) is 18.2 Å². The first-order valence-corrected chi connectivity index (χ1v) is 7.77. The molecule has 2 aromatic carbocycles. The van der Waals surface area contributed by atoms with Crippen LogP contribution in [0, 0.1) is 13.8 Å². The number of nitrogens with two attached hydrogens (primary N) is 1. The molecule has 0 aromatic heterocycles. The van der Waals surface area contributed by atoms with Gasteiger partial charge in [0.25, 0.3) is 6.43 Å². The molecule has 21 heavy (non-hydrogen) atoms. The van der Waals surface area contributed by atoms with E-state index in [1.807, 2.05) is 0 Å². The number of hydrogen-bond donors (Lipinski definition) is 1. The summed E-state index contributed by atoms with van der Waals surface area (Å²) in [6, 6.07) is 8.84. The van der Waals surface area contributed by atoms with Crippen molar-refractivity contribution in [1.29, 1.82) is 0 Å². The highest BCUT2D eigenvalue weighted by molar-refractivity contribution is 7.89. The number of hydrogen-bond acceptors (Lipinski definition) is 2. The molecule has 6 heteroatoms. The monoisotopic (exact) mass is 311 g/mol. The van der Waals surface area contributed by atoms with Crippen molar-refractivity contribution in [3.8, 4) is 11.1 Å². The van der Waals surface area contributed by atoms with E-state index in [2.05, 4.69) is 0 Å². The van der Waals surface area contributed by atoms with Crippen molar-refractivity contribution in [2.45, 2.75) is 25.2 Å². The molecule has 0 heterocycles. The van der Waals surface area contributed by atoms with Gasteiger partial charge in [0.2, 0.25) is 10.0 Å². The molecule has 0 amide bonds. The highest BCUT2D eigenvalue weighted by Gasteiger charge is 2.18. The molecule has 0 unspecified atom stereocenters. The van der Waals surface area contributed by atoms with E-state index in [-0.39, 0.29) is 10.5 Å². The van der Waals surface area contributed by atoms with E-state index in [0.717, 1.165) is 5.56 Å². The van der Waals surface area contributed by atoms with E-state index in [0.29, 0.717) is 16.7 Å². The number of aryl methyl sites for hydroxylation is 2. The maximum atomic E-state index is 12.9. The first kappa shape index (κ1) is 15.6. The predicted molar refractivity (Wildman–Crippen MR) is 77.7 cm³/mol. The van der Waals surface area contributed by atoms with Gasteiger partial charge in [0.15, 0.2) is 0 Å². The molecule has 112 valence electrons. The van der Waals surface area contributed by atoms with Gasteiger partial charge in [-0.2, -0.15) is 0 Å². The summed E-state index contributed by atoms with van der Waals surface area (Å²) in [6.07, 6.45) is -2.62. The first-order valence-electron chi connectivity index (χ1n) is 6.22. The SMILES string of the molecule is Cc1ccc(S(N)(=O)=O)c(-c2cc(C(F)F)ccc2C)c1. The van der Waals surface area contributed by atoms with Gasteiger partial charge in [-0.25, -0.2) is 22.3 Å². The van der Waals surface area contributed by atoms with E-state index < -0.39 is 16.4 Å². The Kier molecular flexibility index (Phi) is 4.11. The maximum Gasteiger partial charge on any atom is 0.263 e. The van der Waals surface area contributed by atoms with Gasteiger partial charge in [-0.15, -0.1) is 0 Å². The maximum absolute atomic E-state index is 12.9. The second-order valence-corrected chi connectivity index (χ2v) is 6.45. The number of rotatable bonds is 3. The van der Waals surface area contributed by atoms with Gasteiger partial charge in [-0.3, -0.25) is 0 Å². The molecule has 3 nitrogen and oxygen atoms in total. The standard InChI is InChI=1S/C15H15F2NO2S/c1-9-3-6-14(21(18,19)20)13(7-9)12-8-11(15(16)17)5-4-10(12)2/h3-8,15H,1-2H3,(H2,18,19,20). The molecule has 0 saturated heterocycles. The predicted octanol–water partition coefficient (Wildman–Crippen LogP) is 3.56. The molecule has 0 spiro atoms. The fraction of sp³-hybridized carbons (Fsp3) is 0.200. The Morgan fingerprint density at radius 2 is 1.67 bits per heavy atom. The molecule has 0 aliphatic carbocycles. The van der Waals surface area contributed by atoms with E-state index in [9.17, 15) is 17.2 Å². The van der Waals surface area contributed by atoms with Gasteiger partial charge < -0.3 is 0 Å². The van der Waals surface area contributed by atoms with Crippen molar-refractivity contribution in [3.05, 3.63) is 53.1 Å². The number of benzene rings is 2. The summed E-state index contributed by atoms with van der Waals surface area (Å²) in [5.74, 6) is 0. The molecule has 0 aliphatic rings. The zero-order valence-electron chi connectivity index (χ0n) is 11.6. The quantitative estimate of drug-likeness (QED) is 0.942. The van der Waals surface area contributed by atoms with E-state index >= 15 is 0 Å². The summed E-state index contributed by atoms with van der Waals surface area (Å²) >= 11 is 0. The molecule has 0 bridgehead atoms. The number of primary sulfonamides is 1. The largest absolute Gasteiger partial charge is 0.263 e. The summed E-state index contributed by atoms with van der Waals surface area (Å²) in [4.78, 5) is -0.0670. The van der Waals surface area contributed by atoms with Crippen LogP contribution in [0.3, 0.4) is 0 Å². The molecule has 0 atom stereocenters. The van der Waals surface area contributed by atoms with Crippen molar-refractivity contribution < 1.29 is 17.2 Å². The second-order valence-electron chi connectivity index (χ2n) is 4.92. The Balaban J connectivity index is 2.78. The Bertz CT molecular complexity index is 786. The van der Waals surface area contributed by atoms with Crippen LogP contribution in [0.4, 0.5) is 8.78 Å². The zero-order chi connectivity index (χ0) is 15.8. The second kappa shape index (κ2) is 5.54. The van der Waals surface area contributed by atoms with Crippen LogP contribution in [-0.2, 0) is 10.0 Å². The lowest BCUT2D eigenvalue weighted by Gasteiger charge is -2.13. The molecule has 0 radical (unpaired) electrons. The van der Waals surface area contributed by atoms with E-state index in [1.54, 1.807) is 32.0 Å². The minimum Gasteiger partial charge on any atom is -0.225 e. The third kappa shape index (κ3) is 3.28. The summed E-state index contributed by atoms with van der Waals surface area (Å²) in [5.41, 5.74) is 2.16. The van der Waals surface area contributed by atoms with Crippen molar-refractivity contribution in [2.75, 3.05) is 0 Å². The molecule has 2 rings (SSSR count). The van der Waals surface area contributed by atoms with Crippen LogP contribution in [0.1, 0.15) is 23.1 Å². The lowest BCUT2D eigenvalue weighted by atomic mass is 9.97. The lowest BCUT2D eigenvalue weighted by molar-refractivity contribution is 0.151. The van der Waals surface area contributed by atoms with Gasteiger partial charge in [0.05, 0.1) is 4.90 Å². The van der Waals surface area contributed by atoms with Crippen molar-refractivity contribution in [3.63, 3.8) is 0 Å². The first-order chi connectivity index (χ1) is 9.70. The summed E-state index contributed by atoms with van der Waals surface area (Å²) in [7, 11) is -3.94. The smallest absolute Gasteiger partial charge is 0.225 e. The van der Waals surface area contributed by atoms with Crippen molar-refractivity contribution >= 4 is 10.0 Å². The molecular formula is C15H15F2NO2S. The van der Waals surface area contributed by atoms with Crippen LogP contribution in [0.15, 0.2) is 41.3 Å². The van der Waals surface area contributed by atoms with Gasteiger partial charge in [0, 0.05) is 11.1 Å². The fourth-order valence-electron chi connectivity index (χ4n) is 2.17. The third-order valence-electron chi connectivity index (χ3n) is 3.25. The van der Waals surface area contributed by atoms with Crippen LogP contribution < -0.4 is 5.14 Å². The van der Waals surface area contributed by atoms with E-state index in [4.69, 9.17) is 5.14 Å². The van der Waals surface area contributed by atoms with Gasteiger partial charge in [-0.05, 0) is 37.1 Å². The van der Waals surface area contributed by atoms with Crippen LogP contribution in [0.5, 0.6) is 0 Å². The zero-order valence-corrected chi connectivity index (χ0v) is 12.4. The molecule has 0 fully saturated rings. The highest BCUT2D eigenvalue weighted by Crippen LogP contribution is 2.33. The van der Waals surface area contributed by atoms with Crippen LogP contribution in [0.25, 0.3) is 11.1 Å². The molecule has 2 aromatic rings. The Morgan fingerprint density at radius 1 is 1.00 bits per heavy atom. The van der Waals surface area contributed by atoms with Crippen molar-refractivity contribution in [2.24, 2.45) is 5.14 Å². The van der Waals surface area contributed by atoms with Gasteiger partial charge in [-0.1, -0.05) is 29.8 Å². The number of sulfonamides is 1. The Morgan fingerprint density at radius 3 is 2.24 bits per heavy atom. The molecule has 0 aliphatic heterocycles.